The molecule has 6 nitrogen and oxygen atoms in total. The number of allylic oxidation sites excluding steroid dienone is 10. The van der Waals surface area contributed by atoms with Gasteiger partial charge in [-0.2, -0.15) is 0 Å². The van der Waals surface area contributed by atoms with E-state index in [1.54, 1.807) is 0 Å². The maximum atomic E-state index is 12.8. The Morgan fingerprint density at radius 2 is 0.557 bits per heavy atom. The maximum absolute atomic E-state index is 12.8. The summed E-state index contributed by atoms with van der Waals surface area (Å²) in [5.74, 6) is -0.914. The molecular formula is C64H114O6. The fraction of sp³-hybridized carbons (Fsp3) is 0.797. The van der Waals surface area contributed by atoms with Crippen molar-refractivity contribution in [2.45, 2.75) is 316 Å². The first-order chi connectivity index (χ1) is 34.5. The zero-order valence-electron chi connectivity index (χ0n) is 46.5. The first-order valence-corrected chi connectivity index (χ1v) is 30.3. The zero-order chi connectivity index (χ0) is 50.7. The predicted molar refractivity (Wildman–Crippen MR) is 302 cm³/mol. The van der Waals surface area contributed by atoms with Gasteiger partial charge in [0, 0.05) is 19.3 Å². The highest BCUT2D eigenvalue weighted by Crippen LogP contribution is 2.16. The van der Waals surface area contributed by atoms with Crippen molar-refractivity contribution in [1.82, 2.24) is 0 Å². The van der Waals surface area contributed by atoms with Crippen LogP contribution in [-0.4, -0.2) is 37.2 Å². The van der Waals surface area contributed by atoms with E-state index in [1.807, 2.05) is 0 Å². The third-order valence-electron chi connectivity index (χ3n) is 13.2. The molecular weight excluding hydrogens is 865 g/mol. The first-order valence-electron chi connectivity index (χ1n) is 30.3. The summed E-state index contributed by atoms with van der Waals surface area (Å²) < 4.78 is 16.8. The lowest BCUT2D eigenvalue weighted by Crippen LogP contribution is -2.30. The molecule has 0 N–H and O–H groups in total. The lowest BCUT2D eigenvalue weighted by molar-refractivity contribution is -0.167. The van der Waals surface area contributed by atoms with Crippen molar-refractivity contribution in [1.29, 1.82) is 0 Å². The van der Waals surface area contributed by atoms with E-state index in [9.17, 15) is 14.4 Å². The standard InChI is InChI=1S/C64H114O6/c1-4-7-10-13-16-19-22-25-27-28-29-30-31-32-33-34-35-36-37-40-42-45-48-51-54-57-63(66)69-60-61(59-68-62(65)56-53-50-47-44-41-38-24-21-18-15-12-9-6-3)70-64(67)58-55-52-49-46-43-39-26-23-20-17-14-11-8-5-2/h9,12,18,21,23,26,28-29,38,41,61H,4-8,10-11,13-17,19-20,22,24-25,27,30-37,39-40,42-60H2,1-3H3/b12-9-,21-18-,26-23-,29-28-,41-38-. The molecule has 0 aliphatic heterocycles. The molecule has 0 aliphatic rings. The Balaban J connectivity index is 4.26. The van der Waals surface area contributed by atoms with Crippen molar-refractivity contribution >= 4 is 17.9 Å². The molecule has 0 radical (unpaired) electrons. The molecule has 1 unspecified atom stereocenters. The molecule has 0 spiro atoms. The Hall–Kier alpha value is -2.89. The predicted octanol–water partition coefficient (Wildman–Crippen LogP) is 20.4. The fourth-order valence-electron chi connectivity index (χ4n) is 8.68. The number of hydrogen-bond donors (Lipinski definition) is 0. The summed E-state index contributed by atoms with van der Waals surface area (Å²) in [6.45, 7) is 6.51. The van der Waals surface area contributed by atoms with Crippen LogP contribution >= 0.6 is 0 Å². The minimum Gasteiger partial charge on any atom is -0.462 e. The second kappa shape index (κ2) is 58.7. The monoisotopic (exact) mass is 979 g/mol. The van der Waals surface area contributed by atoms with Gasteiger partial charge in [-0.1, -0.05) is 248 Å². The van der Waals surface area contributed by atoms with E-state index < -0.39 is 6.10 Å². The van der Waals surface area contributed by atoms with E-state index in [0.717, 1.165) is 96.3 Å². The molecule has 0 aliphatic carbocycles. The van der Waals surface area contributed by atoms with Crippen molar-refractivity contribution in [2.24, 2.45) is 0 Å². The van der Waals surface area contributed by atoms with Gasteiger partial charge in [0.2, 0.25) is 0 Å². The lowest BCUT2D eigenvalue weighted by Gasteiger charge is -2.18. The van der Waals surface area contributed by atoms with Gasteiger partial charge in [0.1, 0.15) is 13.2 Å². The van der Waals surface area contributed by atoms with Gasteiger partial charge < -0.3 is 14.2 Å². The Labute approximate surface area is 434 Å². The lowest BCUT2D eigenvalue weighted by atomic mass is 10.0. The van der Waals surface area contributed by atoms with E-state index in [2.05, 4.69) is 81.5 Å². The summed E-state index contributed by atoms with van der Waals surface area (Å²) in [5.41, 5.74) is 0. The molecule has 0 saturated heterocycles. The van der Waals surface area contributed by atoms with Crippen LogP contribution in [0.1, 0.15) is 310 Å². The van der Waals surface area contributed by atoms with E-state index >= 15 is 0 Å². The topological polar surface area (TPSA) is 78.9 Å². The molecule has 406 valence electrons. The molecule has 70 heavy (non-hydrogen) atoms. The maximum Gasteiger partial charge on any atom is 0.306 e. The van der Waals surface area contributed by atoms with Crippen LogP contribution in [0.5, 0.6) is 0 Å². The molecule has 0 saturated carbocycles. The van der Waals surface area contributed by atoms with E-state index in [0.29, 0.717) is 19.3 Å². The average Bonchev–Trinajstić information content (AvgIpc) is 3.36. The number of hydrogen-bond acceptors (Lipinski definition) is 6. The average molecular weight is 980 g/mol. The minimum absolute atomic E-state index is 0.0855. The molecule has 0 aromatic carbocycles. The summed E-state index contributed by atoms with van der Waals surface area (Å²) in [6.07, 6.45) is 73.8. The quantitative estimate of drug-likeness (QED) is 0.0261. The van der Waals surface area contributed by atoms with E-state index in [1.165, 1.54) is 173 Å². The van der Waals surface area contributed by atoms with Crippen molar-refractivity contribution in [3.63, 3.8) is 0 Å². The van der Waals surface area contributed by atoms with Crippen molar-refractivity contribution in [3.05, 3.63) is 60.8 Å². The molecule has 1 atom stereocenters. The highest BCUT2D eigenvalue weighted by Gasteiger charge is 2.19. The fourth-order valence-corrected chi connectivity index (χ4v) is 8.68. The number of carbonyl (C=O) groups excluding carboxylic acids is 3. The van der Waals surface area contributed by atoms with Crippen LogP contribution in [0.25, 0.3) is 0 Å². The van der Waals surface area contributed by atoms with Crippen LogP contribution in [0.3, 0.4) is 0 Å². The second-order valence-corrected chi connectivity index (χ2v) is 20.2. The minimum atomic E-state index is -0.790. The third-order valence-corrected chi connectivity index (χ3v) is 13.2. The molecule has 0 bridgehead atoms. The zero-order valence-corrected chi connectivity index (χ0v) is 46.5. The molecule has 0 fully saturated rings. The third kappa shape index (κ3) is 56.0. The molecule has 0 aromatic heterocycles. The van der Waals surface area contributed by atoms with Crippen molar-refractivity contribution < 1.29 is 28.6 Å². The second-order valence-electron chi connectivity index (χ2n) is 20.2. The number of unbranched alkanes of at least 4 members (excludes halogenated alkanes) is 34. The van der Waals surface area contributed by atoms with E-state index in [-0.39, 0.29) is 31.1 Å². The van der Waals surface area contributed by atoms with Gasteiger partial charge in [-0.25, -0.2) is 0 Å². The summed E-state index contributed by atoms with van der Waals surface area (Å²) in [4.78, 5) is 38.1. The summed E-state index contributed by atoms with van der Waals surface area (Å²) in [5, 5.41) is 0. The van der Waals surface area contributed by atoms with Crippen LogP contribution in [0.4, 0.5) is 0 Å². The molecule has 0 amide bonds. The molecule has 6 heteroatoms. The SMILES string of the molecule is CC/C=C\C/C=C\C/C=C\CCCCCC(=O)OCC(COC(=O)CCCCCCCCCCCCCCC/C=C\CCCCCCCCCC)OC(=O)CCCCCCC/C=C\CCCCCCC. The van der Waals surface area contributed by atoms with Crippen LogP contribution < -0.4 is 0 Å². The smallest absolute Gasteiger partial charge is 0.306 e. The Morgan fingerprint density at radius 3 is 0.900 bits per heavy atom. The Kier molecular flexibility index (Phi) is 56.3. The first kappa shape index (κ1) is 67.1. The van der Waals surface area contributed by atoms with Gasteiger partial charge in [0.15, 0.2) is 6.10 Å². The van der Waals surface area contributed by atoms with Gasteiger partial charge in [-0.15, -0.1) is 0 Å². The van der Waals surface area contributed by atoms with Crippen LogP contribution in [0.2, 0.25) is 0 Å². The molecule has 0 aromatic rings. The van der Waals surface area contributed by atoms with Crippen LogP contribution in [0, 0.1) is 0 Å². The summed E-state index contributed by atoms with van der Waals surface area (Å²) in [6, 6.07) is 0. The van der Waals surface area contributed by atoms with Crippen molar-refractivity contribution in [3.8, 4) is 0 Å². The Morgan fingerprint density at radius 1 is 0.300 bits per heavy atom. The normalized spacial score (nSPS) is 12.4. The highest BCUT2D eigenvalue weighted by molar-refractivity contribution is 5.71. The number of rotatable bonds is 55. The highest BCUT2D eigenvalue weighted by atomic mass is 16.6. The Bertz CT molecular complexity index is 1260. The molecule has 0 rings (SSSR count). The number of esters is 3. The van der Waals surface area contributed by atoms with Gasteiger partial charge >= 0.3 is 17.9 Å². The van der Waals surface area contributed by atoms with E-state index in [4.69, 9.17) is 14.2 Å². The largest absolute Gasteiger partial charge is 0.462 e. The van der Waals surface area contributed by atoms with Crippen LogP contribution in [-0.2, 0) is 28.6 Å². The molecule has 0 heterocycles. The number of ether oxygens (including phenoxy) is 3. The van der Waals surface area contributed by atoms with Gasteiger partial charge in [-0.3, -0.25) is 14.4 Å². The summed E-state index contributed by atoms with van der Waals surface area (Å²) >= 11 is 0. The number of carbonyl (C=O) groups is 3. The van der Waals surface area contributed by atoms with Crippen molar-refractivity contribution in [2.75, 3.05) is 13.2 Å². The summed E-state index contributed by atoms with van der Waals surface area (Å²) in [7, 11) is 0. The van der Waals surface area contributed by atoms with Gasteiger partial charge in [-0.05, 0) is 103 Å². The van der Waals surface area contributed by atoms with Crippen LogP contribution in [0.15, 0.2) is 60.8 Å². The van der Waals surface area contributed by atoms with Gasteiger partial charge in [0.05, 0.1) is 0 Å². The van der Waals surface area contributed by atoms with Gasteiger partial charge in [0.25, 0.3) is 0 Å².